The summed E-state index contributed by atoms with van der Waals surface area (Å²) in [5.74, 6) is 5.41. The molecular formula is C5H13NO. The van der Waals surface area contributed by atoms with E-state index in [0.29, 0.717) is 12.5 Å². The Morgan fingerprint density at radius 1 is 1.71 bits per heavy atom. The molecule has 2 heteroatoms. The Balaban J connectivity index is 2.83. The van der Waals surface area contributed by atoms with Crippen LogP contribution in [0.3, 0.4) is 0 Å². The Hall–Kier alpha value is -0.0800. The van der Waals surface area contributed by atoms with Crippen LogP contribution in [-0.4, -0.2) is 6.61 Å². The molecule has 0 aliphatic heterocycles. The van der Waals surface area contributed by atoms with Crippen LogP contribution in [0.15, 0.2) is 0 Å². The van der Waals surface area contributed by atoms with Crippen molar-refractivity contribution in [3.05, 3.63) is 0 Å². The molecule has 0 aromatic heterocycles. The third kappa shape index (κ3) is 3.76. The lowest BCUT2D eigenvalue weighted by molar-refractivity contribution is 0.106. The van der Waals surface area contributed by atoms with E-state index in [4.69, 9.17) is 5.90 Å². The summed E-state index contributed by atoms with van der Waals surface area (Å²) in [6.45, 7) is 4.90. The van der Waals surface area contributed by atoms with E-state index in [-0.39, 0.29) is 0 Å². The fourth-order valence-corrected chi connectivity index (χ4v) is 0.282. The molecule has 0 unspecified atom stereocenters. The van der Waals surface area contributed by atoms with E-state index in [0.717, 1.165) is 6.42 Å². The average Bonchev–Trinajstić information content (AvgIpc) is 1.68. The van der Waals surface area contributed by atoms with Crippen LogP contribution in [0.1, 0.15) is 20.3 Å². The molecule has 0 saturated heterocycles. The maximum absolute atomic E-state index is 4.80. The van der Waals surface area contributed by atoms with E-state index >= 15 is 0 Å². The van der Waals surface area contributed by atoms with E-state index < -0.39 is 0 Å². The molecule has 0 spiro atoms. The molecular weight excluding hydrogens is 90.1 g/mol. The monoisotopic (exact) mass is 103 g/mol. The van der Waals surface area contributed by atoms with Crippen molar-refractivity contribution >= 4 is 0 Å². The van der Waals surface area contributed by atoms with Crippen LogP contribution in [-0.2, 0) is 4.84 Å². The van der Waals surface area contributed by atoms with Crippen LogP contribution in [0.4, 0.5) is 0 Å². The molecule has 0 bridgehead atoms. The van der Waals surface area contributed by atoms with Gasteiger partial charge in [-0.25, -0.2) is 5.90 Å². The van der Waals surface area contributed by atoms with Crippen LogP contribution >= 0.6 is 0 Å². The summed E-state index contributed by atoms with van der Waals surface area (Å²) in [6.07, 6.45) is 1.14. The average molecular weight is 103 g/mol. The fourth-order valence-electron chi connectivity index (χ4n) is 0.282. The van der Waals surface area contributed by atoms with Gasteiger partial charge in [0.15, 0.2) is 0 Å². The highest BCUT2D eigenvalue weighted by Gasteiger charge is 1.93. The summed E-state index contributed by atoms with van der Waals surface area (Å²) in [4.78, 5) is 4.39. The molecule has 0 rings (SSSR count). The van der Waals surface area contributed by atoms with Crippen LogP contribution in [0.25, 0.3) is 0 Å². The first kappa shape index (κ1) is 6.92. The van der Waals surface area contributed by atoms with Crippen molar-refractivity contribution in [2.24, 2.45) is 11.8 Å². The Labute approximate surface area is 44.6 Å². The van der Waals surface area contributed by atoms with Gasteiger partial charge in [0.1, 0.15) is 0 Å². The molecule has 0 saturated carbocycles. The maximum Gasteiger partial charge on any atom is 0.0704 e. The van der Waals surface area contributed by atoms with Crippen molar-refractivity contribution in [1.29, 1.82) is 0 Å². The highest BCUT2D eigenvalue weighted by atomic mass is 16.6. The van der Waals surface area contributed by atoms with Crippen molar-refractivity contribution in [2.75, 3.05) is 6.61 Å². The highest BCUT2D eigenvalue weighted by molar-refractivity contribution is 4.43. The van der Waals surface area contributed by atoms with Crippen molar-refractivity contribution in [1.82, 2.24) is 0 Å². The zero-order valence-electron chi connectivity index (χ0n) is 4.98. The third-order valence-electron chi connectivity index (χ3n) is 1.08. The summed E-state index contributed by atoms with van der Waals surface area (Å²) < 4.78 is 0. The number of hydrogen-bond acceptors (Lipinski definition) is 2. The lowest BCUT2D eigenvalue weighted by atomic mass is 10.1. The molecule has 0 radical (unpaired) electrons. The van der Waals surface area contributed by atoms with E-state index in [1.165, 1.54) is 0 Å². The van der Waals surface area contributed by atoms with Gasteiger partial charge >= 0.3 is 0 Å². The first-order chi connectivity index (χ1) is 3.31. The predicted octanol–water partition coefficient (Wildman–Crippen LogP) is 0.923. The molecule has 7 heavy (non-hydrogen) atoms. The zero-order chi connectivity index (χ0) is 5.70. The van der Waals surface area contributed by atoms with E-state index in [1.54, 1.807) is 0 Å². The molecule has 0 aliphatic rings. The fraction of sp³-hybridized carbons (Fsp3) is 1.00. The first-order valence-corrected chi connectivity index (χ1v) is 2.63. The SMILES string of the molecule is CC[C@H](C)CON. The van der Waals surface area contributed by atoms with Gasteiger partial charge in [-0.1, -0.05) is 20.3 Å². The highest BCUT2D eigenvalue weighted by Crippen LogP contribution is 1.97. The molecule has 0 aromatic rings. The smallest absolute Gasteiger partial charge is 0.0704 e. The Morgan fingerprint density at radius 2 is 2.29 bits per heavy atom. The minimum absolute atomic E-state index is 0.602. The summed E-state index contributed by atoms with van der Waals surface area (Å²) in [7, 11) is 0. The van der Waals surface area contributed by atoms with Crippen LogP contribution in [0.5, 0.6) is 0 Å². The van der Waals surface area contributed by atoms with Gasteiger partial charge in [0.05, 0.1) is 6.61 Å². The molecule has 0 heterocycles. The Kier molecular flexibility index (Phi) is 4.04. The summed E-state index contributed by atoms with van der Waals surface area (Å²) in [6, 6.07) is 0. The zero-order valence-corrected chi connectivity index (χ0v) is 4.98. The van der Waals surface area contributed by atoms with E-state index in [1.807, 2.05) is 0 Å². The Bertz CT molecular complexity index is 39.1. The third-order valence-corrected chi connectivity index (χ3v) is 1.08. The second kappa shape index (κ2) is 4.09. The Morgan fingerprint density at radius 3 is 2.43 bits per heavy atom. The van der Waals surface area contributed by atoms with Gasteiger partial charge in [-0.3, -0.25) is 0 Å². The number of nitrogens with two attached hydrogens (primary N) is 1. The van der Waals surface area contributed by atoms with Crippen LogP contribution < -0.4 is 5.90 Å². The number of hydrogen-bond donors (Lipinski definition) is 1. The molecule has 0 amide bonds. The maximum atomic E-state index is 4.80. The second-order valence-corrected chi connectivity index (χ2v) is 1.85. The van der Waals surface area contributed by atoms with Gasteiger partial charge in [0.2, 0.25) is 0 Å². The van der Waals surface area contributed by atoms with Crippen molar-refractivity contribution < 1.29 is 4.84 Å². The van der Waals surface area contributed by atoms with Gasteiger partial charge in [-0.15, -0.1) is 0 Å². The molecule has 0 aromatic carbocycles. The first-order valence-electron chi connectivity index (χ1n) is 2.63. The van der Waals surface area contributed by atoms with E-state index in [2.05, 4.69) is 18.7 Å². The van der Waals surface area contributed by atoms with Gasteiger partial charge < -0.3 is 4.84 Å². The minimum Gasteiger partial charge on any atom is -0.304 e. The quantitative estimate of drug-likeness (QED) is 0.539. The van der Waals surface area contributed by atoms with Crippen LogP contribution in [0, 0.1) is 5.92 Å². The van der Waals surface area contributed by atoms with Crippen LogP contribution in [0.2, 0.25) is 0 Å². The standard InChI is InChI=1S/C5H13NO/c1-3-5(2)4-7-6/h5H,3-4,6H2,1-2H3/t5-/m0/s1. The minimum atomic E-state index is 0.602. The van der Waals surface area contributed by atoms with Gasteiger partial charge in [0, 0.05) is 0 Å². The normalized spacial score (nSPS) is 14.1. The van der Waals surface area contributed by atoms with Crippen molar-refractivity contribution in [2.45, 2.75) is 20.3 Å². The molecule has 1 atom stereocenters. The lowest BCUT2D eigenvalue weighted by Crippen LogP contribution is -2.08. The van der Waals surface area contributed by atoms with Gasteiger partial charge in [-0.2, -0.15) is 0 Å². The summed E-state index contributed by atoms with van der Waals surface area (Å²) in [5.41, 5.74) is 0. The van der Waals surface area contributed by atoms with Gasteiger partial charge in [0.25, 0.3) is 0 Å². The predicted molar refractivity (Wildman–Crippen MR) is 29.6 cm³/mol. The lowest BCUT2D eigenvalue weighted by Gasteiger charge is -2.02. The molecule has 0 fully saturated rings. The second-order valence-electron chi connectivity index (χ2n) is 1.85. The van der Waals surface area contributed by atoms with Crippen molar-refractivity contribution in [3.8, 4) is 0 Å². The summed E-state index contributed by atoms with van der Waals surface area (Å²) >= 11 is 0. The topological polar surface area (TPSA) is 35.2 Å². The molecule has 2 N–H and O–H groups in total. The summed E-state index contributed by atoms with van der Waals surface area (Å²) in [5, 5.41) is 0. The van der Waals surface area contributed by atoms with Gasteiger partial charge in [-0.05, 0) is 5.92 Å². The molecule has 2 nitrogen and oxygen atoms in total. The largest absolute Gasteiger partial charge is 0.304 e. The van der Waals surface area contributed by atoms with E-state index in [9.17, 15) is 0 Å². The molecule has 0 aliphatic carbocycles. The van der Waals surface area contributed by atoms with Crippen molar-refractivity contribution in [3.63, 3.8) is 0 Å². The molecule has 44 valence electrons. The number of rotatable bonds is 3.